The lowest BCUT2D eigenvalue weighted by Gasteiger charge is -2.14. The second-order valence-corrected chi connectivity index (χ2v) is 18.6. The van der Waals surface area contributed by atoms with Crippen molar-refractivity contribution in [3.8, 4) is 46.0 Å². The van der Waals surface area contributed by atoms with E-state index in [-0.39, 0.29) is 38.1 Å². The Bertz CT molecular complexity index is 3060. The van der Waals surface area contributed by atoms with Crippen LogP contribution in [0, 0.1) is 0 Å². The molecule has 0 saturated carbocycles. The molecule has 78 heavy (non-hydrogen) atoms. The molecule has 20 nitrogen and oxygen atoms in total. The molecule has 2 aliphatic heterocycles. The molecule has 2 aliphatic rings. The summed E-state index contributed by atoms with van der Waals surface area (Å²) in [4.78, 5) is 47.5. The van der Waals surface area contributed by atoms with Gasteiger partial charge in [-0.05, 0) is 37.1 Å². The van der Waals surface area contributed by atoms with Crippen LogP contribution in [0.1, 0.15) is 25.7 Å². The van der Waals surface area contributed by atoms with E-state index >= 15 is 0 Å². The number of unbranched alkanes of at least 4 members (excludes halogenated alkanes) is 3. The number of benzene rings is 4. The third-order valence-electron chi connectivity index (χ3n) is 13.1. The average molecular weight is 1070 g/mol. The Morgan fingerprint density at radius 2 is 0.731 bits per heavy atom. The van der Waals surface area contributed by atoms with Crippen LogP contribution in [0.3, 0.4) is 0 Å². The largest absolute Gasteiger partial charge is 0.487 e. The van der Waals surface area contributed by atoms with E-state index in [0.717, 1.165) is 47.5 Å². The number of pyridine rings is 2. The van der Waals surface area contributed by atoms with Crippen LogP contribution in [0.4, 0.5) is 0 Å². The molecule has 2 amide bonds. The maximum Gasteiger partial charge on any atom is 0.240 e. The highest BCUT2D eigenvalue weighted by atomic mass is 16.6. The number of nitrogens with one attached hydrogen (secondary N) is 2. The zero-order chi connectivity index (χ0) is 53.1. The molecular weight excluding hydrogens is 1000 g/mol. The second-order valence-electron chi connectivity index (χ2n) is 18.6. The van der Waals surface area contributed by atoms with Crippen molar-refractivity contribution in [2.45, 2.75) is 38.8 Å². The van der Waals surface area contributed by atoms with E-state index in [1.165, 1.54) is 0 Å². The van der Waals surface area contributed by atoms with Crippen molar-refractivity contribution >= 4 is 55.7 Å². The lowest BCUT2D eigenvalue weighted by molar-refractivity contribution is -0.122. The molecule has 8 aromatic rings. The maximum atomic E-state index is 13.8. The zero-order valence-electron chi connectivity index (χ0n) is 43.8. The van der Waals surface area contributed by atoms with Crippen molar-refractivity contribution in [3.63, 3.8) is 0 Å². The van der Waals surface area contributed by atoms with E-state index in [2.05, 4.69) is 10.6 Å². The lowest BCUT2D eigenvalue weighted by Crippen LogP contribution is -2.29. The van der Waals surface area contributed by atoms with Gasteiger partial charge in [0.15, 0.2) is 34.6 Å². The molecule has 0 aliphatic carbocycles. The lowest BCUT2D eigenvalue weighted by atomic mass is 10.2. The third kappa shape index (κ3) is 14.4. The van der Waals surface area contributed by atoms with Gasteiger partial charge >= 0.3 is 0 Å². The Morgan fingerprint density at radius 3 is 1.12 bits per heavy atom. The molecule has 0 atom stereocenters. The fourth-order valence-electron chi connectivity index (χ4n) is 9.19. The molecular formula is C58H66N8O12. The quantitative estimate of drug-likeness (QED) is 0.112. The number of nitrogens with zero attached hydrogens (tertiary/aromatic N) is 6. The highest BCUT2D eigenvalue weighted by Crippen LogP contribution is 2.37. The molecule has 10 rings (SSSR count). The highest BCUT2D eigenvalue weighted by molar-refractivity contribution is 5.89. The zero-order valence-corrected chi connectivity index (χ0v) is 43.8. The summed E-state index contributed by atoms with van der Waals surface area (Å²) in [6, 6.07) is 31.0. The van der Waals surface area contributed by atoms with Gasteiger partial charge in [0.05, 0.1) is 112 Å². The molecule has 6 heterocycles. The van der Waals surface area contributed by atoms with E-state index in [1.807, 2.05) is 106 Å². The number of para-hydroxylation sites is 2. The first-order chi connectivity index (χ1) is 38.5. The number of carbonyl (C=O) groups is 2. The number of carbonyl (C=O) groups excluding carboxylic acids is 2. The number of aromatic nitrogens is 6. The van der Waals surface area contributed by atoms with Crippen molar-refractivity contribution in [1.82, 2.24) is 39.7 Å². The fraction of sp³-hybridized carbons (Fsp3) is 0.414. The van der Waals surface area contributed by atoms with E-state index in [4.69, 9.17) is 67.3 Å². The smallest absolute Gasteiger partial charge is 0.240 e. The van der Waals surface area contributed by atoms with Crippen LogP contribution in [0.15, 0.2) is 97.1 Å². The Kier molecular flexibility index (Phi) is 19.2. The first kappa shape index (κ1) is 53.9. The monoisotopic (exact) mass is 1070 g/mol. The standard InChI is InChI=1S/C58H66N8O12/c67-55(39-65-49-37-53-51(75-31-27-71-23-19-69-21-25-73-29-33-77-53)35-47(49)63-57(65)45-15-13-41-9-3-5-11-43(41)61-45)59-17-7-1-2-8-18-60-56(68)40-66-50-38-54-52(76-32-28-72-24-20-70-22-26-74-30-34-78-54)36-48(50)64-58(66)46-16-14-42-10-4-6-12-44(42)62-46/h3-6,9-16,35-38H,1-2,7-8,17-34,39-40H2,(H,59,67)(H,60,68). The molecule has 20 heteroatoms. The number of imidazole rings is 2. The summed E-state index contributed by atoms with van der Waals surface area (Å²) >= 11 is 0. The van der Waals surface area contributed by atoms with Gasteiger partial charge in [-0.1, -0.05) is 61.4 Å². The number of rotatable bonds is 13. The van der Waals surface area contributed by atoms with Crippen LogP contribution < -0.4 is 29.6 Å². The van der Waals surface area contributed by atoms with Gasteiger partial charge in [-0.2, -0.15) is 0 Å². The van der Waals surface area contributed by atoms with Gasteiger partial charge < -0.3 is 67.1 Å². The van der Waals surface area contributed by atoms with Gasteiger partial charge in [0.2, 0.25) is 11.8 Å². The topological polar surface area (TPSA) is 212 Å². The van der Waals surface area contributed by atoms with Crippen molar-refractivity contribution in [3.05, 3.63) is 97.1 Å². The molecule has 410 valence electrons. The van der Waals surface area contributed by atoms with Gasteiger partial charge in [-0.15, -0.1) is 0 Å². The SMILES string of the molecule is O=C(Cn1c(-c2ccc3ccccc3n2)nc2cc3c(cc21)OCCOCCOCCOCCO3)NCCCCCCNC(=O)Cn1c(-c2ccc3ccccc3n2)nc2cc3c(cc21)OCCOCCOCCOCCO3. The Labute approximate surface area is 451 Å². The van der Waals surface area contributed by atoms with Crippen LogP contribution in [0.25, 0.3) is 66.9 Å². The molecule has 2 N–H and O–H groups in total. The van der Waals surface area contributed by atoms with Gasteiger partial charge in [-0.25, -0.2) is 19.9 Å². The molecule has 0 fully saturated rings. The second kappa shape index (κ2) is 27.7. The van der Waals surface area contributed by atoms with E-state index in [9.17, 15) is 9.59 Å². The highest BCUT2D eigenvalue weighted by Gasteiger charge is 2.23. The summed E-state index contributed by atoms with van der Waals surface area (Å²) in [5.74, 6) is 2.77. The average Bonchev–Trinajstić information content (AvgIpc) is 3.99. The minimum absolute atomic E-state index is 0.00232. The minimum Gasteiger partial charge on any atom is -0.487 e. The van der Waals surface area contributed by atoms with E-state index in [0.29, 0.717) is 174 Å². The molecule has 0 bridgehead atoms. The van der Waals surface area contributed by atoms with Crippen LogP contribution >= 0.6 is 0 Å². The molecule has 0 radical (unpaired) electrons. The number of fused-ring (bicyclic) bond motifs is 6. The van der Waals surface area contributed by atoms with Crippen molar-refractivity contribution in [2.24, 2.45) is 0 Å². The van der Waals surface area contributed by atoms with Gasteiger partial charge in [0.1, 0.15) is 50.9 Å². The van der Waals surface area contributed by atoms with Gasteiger partial charge in [0, 0.05) is 48.1 Å². The summed E-state index contributed by atoms with van der Waals surface area (Å²) in [6.45, 7) is 7.23. The normalized spacial score (nSPS) is 15.7. The Balaban J connectivity index is 0.768. The molecule has 0 saturated heterocycles. The number of amides is 2. The predicted molar refractivity (Wildman–Crippen MR) is 292 cm³/mol. The van der Waals surface area contributed by atoms with Crippen molar-refractivity contribution < 1.29 is 57.0 Å². The van der Waals surface area contributed by atoms with Crippen molar-refractivity contribution in [1.29, 1.82) is 0 Å². The summed E-state index contributed by atoms with van der Waals surface area (Å²) < 4.78 is 62.4. The Morgan fingerprint density at radius 1 is 0.385 bits per heavy atom. The van der Waals surface area contributed by atoms with Crippen LogP contribution in [0.5, 0.6) is 23.0 Å². The third-order valence-corrected chi connectivity index (χ3v) is 13.1. The summed E-state index contributed by atoms with van der Waals surface area (Å²) in [6.07, 6.45) is 3.22. The maximum absolute atomic E-state index is 13.8. The van der Waals surface area contributed by atoms with Gasteiger partial charge in [-0.3, -0.25) is 9.59 Å². The number of hydrogen-bond donors (Lipinski definition) is 2. The summed E-state index contributed by atoms with van der Waals surface area (Å²) in [7, 11) is 0. The Hall–Kier alpha value is -7.46. The molecule has 4 aromatic heterocycles. The van der Waals surface area contributed by atoms with E-state index in [1.54, 1.807) is 0 Å². The minimum atomic E-state index is -0.169. The molecule has 0 spiro atoms. The van der Waals surface area contributed by atoms with Gasteiger partial charge in [0.25, 0.3) is 0 Å². The fourth-order valence-corrected chi connectivity index (χ4v) is 9.19. The number of hydrogen-bond acceptors (Lipinski definition) is 16. The van der Waals surface area contributed by atoms with Crippen molar-refractivity contribution in [2.75, 3.05) is 119 Å². The van der Waals surface area contributed by atoms with Crippen LogP contribution in [-0.4, -0.2) is 160 Å². The van der Waals surface area contributed by atoms with Crippen LogP contribution in [0.2, 0.25) is 0 Å². The van der Waals surface area contributed by atoms with Crippen LogP contribution in [-0.2, 0) is 51.1 Å². The first-order valence-corrected chi connectivity index (χ1v) is 26.9. The molecule has 4 aromatic carbocycles. The number of ether oxygens (including phenoxy) is 10. The summed E-state index contributed by atoms with van der Waals surface area (Å²) in [5.41, 5.74) is 5.53. The molecule has 0 unspecified atom stereocenters. The predicted octanol–water partition coefficient (Wildman–Crippen LogP) is 6.95. The first-order valence-electron chi connectivity index (χ1n) is 26.9. The summed E-state index contributed by atoms with van der Waals surface area (Å²) in [5, 5.41) is 8.23. The van der Waals surface area contributed by atoms with E-state index < -0.39 is 0 Å².